The summed E-state index contributed by atoms with van der Waals surface area (Å²) in [5.74, 6) is 0.349. The van der Waals surface area contributed by atoms with Crippen molar-refractivity contribution in [2.24, 2.45) is 0 Å². The highest BCUT2D eigenvalue weighted by Gasteiger charge is 2.19. The molecule has 27 heavy (non-hydrogen) atoms. The van der Waals surface area contributed by atoms with Crippen LogP contribution in [0.1, 0.15) is 5.56 Å². The van der Waals surface area contributed by atoms with Crippen molar-refractivity contribution in [1.82, 2.24) is 14.4 Å². The van der Waals surface area contributed by atoms with Crippen LogP contribution in [-0.4, -0.2) is 14.4 Å². The minimum absolute atomic E-state index is 0.318. The van der Waals surface area contributed by atoms with E-state index in [0.717, 1.165) is 16.8 Å². The van der Waals surface area contributed by atoms with Crippen molar-refractivity contribution in [3.05, 3.63) is 95.3 Å². The summed E-state index contributed by atoms with van der Waals surface area (Å²) in [6.45, 7) is 0. The third-order valence-corrected chi connectivity index (χ3v) is 5.26. The number of hydrogen-bond donors (Lipinski definition) is 0. The molecule has 3 aromatic carbocycles. The summed E-state index contributed by atoms with van der Waals surface area (Å²) in [4.78, 5) is 0. The normalized spacial score (nSPS) is 10.9. The summed E-state index contributed by atoms with van der Waals surface area (Å²) in [6, 6.07) is 24.1. The van der Waals surface area contributed by atoms with E-state index in [1.807, 2.05) is 54.6 Å². The highest BCUT2D eigenvalue weighted by molar-refractivity contribution is 7.97. The Morgan fingerprint density at radius 3 is 2.48 bits per heavy atom. The minimum atomic E-state index is -0.318. The van der Waals surface area contributed by atoms with E-state index < -0.39 is 0 Å². The van der Waals surface area contributed by atoms with Crippen LogP contribution in [0, 0.1) is 5.82 Å². The first kappa shape index (κ1) is 17.8. The summed E-state index contributed by atoms with van der Waals surface area (Å²) >= 11 is 7.56. The van der Waals surface area contributed by atoms with Gasteiger partial charge in [-0.25, -0.2) is 4.39 Å². The van der Waals surface area contributed by atoms with Crippen LogP contribution in [0.25, 0.3) is 22.5 Å². The molecule has 6 heteroatoms. The fourth-order valence-electron chi connectivity index (χ4n) is 2.80. The van der Waals surface area contributed by atoms with Gasteiger partial charge in [-0.05, 0) is 41.8 Å². The number of aromatic nitrogens is 3. The molecule has 0 spiro atoms. The monoisotopic (exact) mass is 395 g/mol. The minimum Gasteiger partial charge on any atom is -0.206 e. The summed E-state index contributed by atoms with van der Waals surface area (Å²) in [6.07, 6.45) is 0. The third kappa shape index (κ3) is 3.89. The second-order valence-corrected chi connectivity index (χ2v) is 7.24. The number of nitrogens with zero attached hydrogens (tertiary/aromatic N) is 3. The molecular weight excluding hydrogens is 381 g/mol. The van der Waals surface area contributed by atoms with Crippen LogP contribution in [0.2, 0.25) is 5.02 Å². The molecule has 1 aromatic heterocycles. The highest BCUT2D eigenvalue weighted by Crippen LogP contribution is 2.34. The van der Waals surface area contributed by atoms with E-state index in [-0.39, 0.29) is 5.82 Å². The van der Waals surface area contributed by atoms with Gasteiger partial charge >= 0.3 is 0 Å². The molecule has 3 nitrogen and oxygen atoms in total. The van der Waals surface area contributed by atoms with Gasteiger partial charge in [0.05, 0.1) is 0 Å². The Labute approximate surface area is 165 Å². The van der Waals surface area contributed by atoms with Crippen molar-refractivity contribution >= 4 is 23.5 Å². The fourth-order valence-corrected chi connectivity index (χ4v) is 3.87. The molecular formula is C21H15ClFN3S. The number of benzene rings is 3. The first-order chi connectivity index (χ1) is 13.2. The van der Waals surface area contributed by atoms with Crippen molar-refractivity contribution < 1.29 is 4.39 Å². The number of hydrogen-bond acceptors (Lipinski definition) is 3. The molecule has 0 unspecified atom stereocenters. The van der Waals surface area contributed by atoms with Crippen LogP contribution in [0.4, 0.5) is 4.39 Å². The van der Waals surface area contributed by atoms with Crippen LogP contribution in [0.3, 0.4) is 0 Å². The first-order valence-electron chi connectivity index (χ1n) is 8.36. The topological polar surface area (TPSA) is 30.7 Å². The predicted molar refractivity (Wildman–Crippen MR) is 109 cm³/mol. The molecule has 0 saturated heterocycles. The van der Waals surface area contributed by atoms with Gasteiger partial charge in [-0.2, -0.15) is 4.09 Å². The Morgan fingerprint density at radius 2 is 1.70 bits per heavy atom. The summed E-state index contributed by atoms with van der Waals surface area (Å²) < 4.78 is 16.1. The van der Waals surface area contributed by atoms with Crippen LogP contribution >= 0.6 is 23.5 Å². The maximum atomic E-state index is 14.4. The van der Waals surface area contributed by atoms with Crippen LogP contribution in [-0.2, 0) is 5.75 Å². The lowest BCUT2D eigenvalue weighted by atomic mass is 10.0. The maximum Gasteiger partial charge on any atom is 0.132 e. The SMILES string of the molecule is Fc1ccccc1-c1nnn(SCc2cccc(Cl)c2)c1-c1ccccc1. The molecule has 0 radical (unpaired) electrons. The molecule has 0 atom stereocenters. The van der Waals surface area contributed by atoms with Gasteiger partial charge in [-0.15, -0.1) is 5.10 Å². The molecule has 1 heterocycles. The quantitative estimate of drug-likeness (QED) is 0.409. The Bertz CT molecular complexity index is 1070. The van der Waals surface area contributed by atoms with Gasteiger partial charge in [-0.3, -0.25) is 0 Å². The number of halogens is 2. The van der Waals surface area contributed by atoms with E-state index in [4.69, 9.17) is 11.6 Å². The van der Waals surface area contributed by atoms with Gasteiger partial charge in [0.2, 0.25) is 0 Å². The molecule has 0 bridgehead atoms. The average molecular weight is 396 g/mol. The lowest BCUT2D eigenvalue weighted by Gasteiger charge is -2.08. The van der Waals surface area contributed by atoms with Crippen molar-refractivity contribution in [2.75, 3.05) is 0 Å². The molecule has 0 fully saturated rings. The van der Waals surface area contributed by atoms with Crippen LogP contribution in [0.5, 0.6) is 0 Å². The lowest BCUT2D eigenvalue weighted by molar-refractivity contribution is 0.630. The molecule has 4 aromatic rings. The zero-order valence-corrected chi connectivity index (χ0v) is 15.8. The van der Waals surface area contributed by atoms with E-state index in [0.29, 0.717) is 22.0 Å². The molecule has 0 N–H and O–H groups in total. The first-order valence-corrected chi connectivity index (χ1v) is 9.68. The van der Waals surface area contributed by atoms with Gasteiger partial charge in [-0.1, -0.05) is 71.4 Å². The van der Waals surface area contributed by atoms with Crippen LogP contribution in [0.15, 0.2) is 78.9 Å². The molecule has 134 valence electrons. The average Bonchev–Trinajstić information content (AvgIpc) is 3.11. The highest BCUT2D eigenvalue weighted by atomic mass is 35.5. The van der Waals surface area contributed by atoms with Gasteiger partial charge < -0.3 is 0 Å². The van der Waals surface area contributed by atoms with E-state index in [9.17, 15) is 4.39 Å². The van der Waals surface area contributed by atoms with Gasteiger partial charge in [0, 0.05) is 21.9 Å². The molecule has 0 amide bonds. The lowest BCUT2D eigenvalue weighted by Crippen LogP contribution is -1.95. The standard InChI is InChI=1S/C21H15ClFN3S/c22-17-10-6-7-15(13-17)14-27-26-21(16-8-2-1-3-9-16)20(24-25-26)18-11-4-5-12-19(18)23/h1-13H,14H2. The van der Waals surface area contributed by atoms with Gasteiger partial charge in [0.25, 0.3) is 0 Å². The van der Waals surface area contributed by atoms with Gasteiger partial charge in [0.15, 0.2) is 0 Å². The Kier molecular flexibility index (Phi) is 5.23. The fraction of sp³-hybridized carbons (Fsp3) is 0.0476. The zero-order chi connectivity index (χ0) is 18.6. The summed E-state index contributed by atoms with van der Waals surface area (Å²) in [5, 5.41) is 9.25. The Balaban J connectivity index is 1.75. The molecule has 0 aliphatic heterocycles. The largest absolute Gasteiger partial charge is 0.206 e. The second-order valence-electron chi connectivity index (χ2n) is 5.91. The summed E-state index contributed by atoms with van der Waals surface area (Å²) in [5.41, 5.74) is 3.74. The van der Waals surface area contributed by atoms with E-state index in [2.05, 4.69) is 10.3 Å². The smallest absolute Gasteiger partial charge is 0.132 e. The number of rotatable bonds is 5. The molecule has 4 rings (SSSR count). The summed E-state index contributed by atoms with van der Waals surface area (Å²) in [7, 11) is 0. The third-order valence-electron chi connectivity index (χ3n) is 4.06. The van der Waals surface area contributed by atoms with E-state index in [1.165, 1.54) is 18.0 Å². The van der Waals surface area contributed by atoms with E-state index in [1.54, 1.807) is 22.3 Å². The second kappa shape index (κ2) is 7.94. The van der Waals surface area contributed by atoms with E-state index >= 15 is 0 Å². The zero-order valence-electron chi connectivity index (χ0n) is 14.2. The molecule has 0 aliphatic carbocycles. The maximum absolute atomic E-state index is 14.4. The molecule has 0 aliphatic rings. The Hall–Kier alpha value is -2.63. The van der Waals surface area contributed by atoms with Gasteiger partial charge in [0.1, 0.15) is 17.2 Å². The Morgan fingerprint density at radius 1 is 0.926 bits per heavy atom. The van der Waals surface area contributed by atoms with Crippen molar-refractivity contribution in [3.63, 3.8) is 0 Å². The molecule has 0 saturated carbocycles. The van der Waals surface area contributed by atoms with Crippen LogP contribution < -0.4 is 0 Å². The van der Waals surface area contributed by atoms with Crippen molar-refractivity contribution in [3.8, 4) is 22.5 Å². The van der Waals surface area contributed by atoms with Crippen molar-refractivity contribution in [1.29, 1.82) is 0 Å². The predicted octanol–water partition coefficient (Wildman–Crippen LogP) is 6.10. The van der Waals surface area contributed by atoms with Crippen molar-refractivity contribution in [2.45, 2.75) is 5.75 Å².